The maximum absolute atomic E-state index is 2.31. The molecule has 0 spiro atoms. The monoisotopic (exact) mass is 223 g/mol. The van der Waals surface area contributed by atoms with E-state index in [1.165, 1.54) is 17.2 Å². The number of aryl methyl sites for hydroxylation is 1. The van der Waals surface area contributed by atoms with Crippen LogP contribution in [0.5, 0.6) is 0 Å². The van der Waals surface area contributed by atoms with Gasteiger partial charge in [0.1, 0.15) is 0 Å². The van der Waals surface area contributed by atoms with Crippen LogP contribution >= 0.6 is 0 Å². The van der Waals surface area contributed by atoms with Gasteiger partial charge in [-0.2, -0.15) is 0 Å². The molecular formula is C11H11Se+. The number of benzene rings is 1. The van der Waals surface area contributed by atoms with E-state index in [1.807, 2.05) is 0 Å². The summed E-state index contributed by atoms with van der Waals surface area (Å²) in [7, 11) is 0. The fourth-order valence-electron chi connectivity index (χ4n) is 1.42. The van der Waals surface area contributed by atoms with Gasteiger partial charge in [-0.05, 0) is 0 Å². The van der Waals surface area contributed by atoms with E-state index in [4.69, 9.17) is 0 Å². The normalized spacial score (nSPS) is 10.4. The first-order chi connectivity index (χ1) is 5.92. The number of hydrogen-bond donors (Lipinski definition) is 0. The Morgan fingerprint density at radius 3 is 2.83 bits per heavy atom. The molecule has 0 saturated carbocycles. The predicted molar refractivity (Wildman–Crippen MR) is 54.7 cm³/mol. The van der Waals surface area contributed by atoms with Crippen LogP contribution in [0, 0.1) is 0 Å². The third-order valence-electron chi connectivity index (χ3n) is 2.04. The standard InChI is InChI=1S/C11H11Se/c1-2-11-10-6-4-3-5-9(10)7-8-12-11/h3-8H,2H2,1H3/q+1. The first-order valence-corrected chi connectivity index (χ1v) is 6.05. The molecule has 0 N–H and O–H groups in total. The summed E-state index contributed by atoms with van der Waals surface area (Å²) in [5, 5.41) is 2.87. The van der Waals surface area contributed by atoms with Crippen LogP contribution in [-0.4, -0.2) is 14.5 Å². The van der Waals surface area contributed by atoms with E-state index in [2.05, 4.69) is 42.2 Å². The zero-order chi connectivity index (χ0) is 8.39. The summed E-state index contributed by atoms with van der Waals surface area (Å²) in [6.45, 7) is 2.24. The first-order valence-electron chi connectivity index (χ1n) is 4.20. The third kappa shape index (κ3) is 1.30. The summed E-state index contributed by atoms with van der Waals surface area (Å²) in [6.07, 6.45) is 1.20. The van der Waals surface area contributed by atoms with Crippen molar-refractivity contribution in [1.82, 2.24) is 0 Å². The van der Waals surface area contributed by atoms with Gasteiger partial charge in [-0.25, -0.2) is 0 Å². The van der Waals surface area contributed by atoms with Crippen molar-refractivity contribution >= 4 is 25.3 Å². The summed E-state index contributed by atoms with van der Waals surface area (Å²) < 4.78 is 1.63. The van der Waals surface area contributed by atoms with Crippen molar-refractivity contribution in [3.63, 3.8) is 0 Å². The quantitative estimate of drug-likeness (QED) is 0.651. The van der Waals surface area contributed by atoms with Crippen LogP contribution in [0.3, 0.4) is 0 Å². The number of fused-ring (bicyclic) bond motifs is 1. The fourth-order valence-corrected chi connectivity index (χ4v) is 3.22. The molecule has 12 heavy (non-hydrogen) atoms. The van der Waals surface area contributed by atoms with E-state index in [-0.39, 0.29) is 0 Å². The summed E-state index contributed by atoms with van der Waals surface area (Å²) in [5.41, 5.74) is 0. The van der Waals surface area contributed by atoms with Gasteiger partial charge in [-0.3, -0.25) is 0 Å². The van der Waals surface area contributed by atoms with E-state index in [9.17, 15) is 0 Å². The topological polar surface area (TPSA) is 0 Å². The minimum atomic E-state index is 0.600. The van der Waals surface area contributed by atoms with Gasteiger partial charge in [-0.15, -0.1) is 0 Å². The molecule has 0 fully saturated rings. The zero-order valence-electron chi connectivity index (χ0n) is 7.08. The first kappa shape index (κ1) is 7.97. The van der Waals surface area contributed by atoms with Crippen molar-refractivity contribution in [3.05, 3.63) is 39.7 Å². The molecule has 0 aliphatic carbocycles. The molecule has 2 aromatic rings. The van der Waals surface area contributed by atoms with Crippen LogP contribution in [-0.2, 0) is 6.42 Å². The molecule has 0 aliphatic rings. The second kappa shape index (κ2) is 3.38. The van der Waals surface area contributed by atoms with E-state index >= 15 is 0 Å². The van der Waals surface area contributed by atoms with Gasteiger partial charge in [0.05, 0.1) is 0 Å². The van der Waals surface area contributed by atoms with E-state index in [0.29, 0.717) is 14.5 Å². The Morgan fingerprint density at radius 1 is 1.17 bits per heavy atom. The Labute approximate surface area is 78.6 Å². The fraction of sp³-hybridized carbons (Fsp3) is 0.182. The molecule has 2 rings (SSSR count). The maximum atomic E-state index is 2.31. The molecule has 1 heteroatoms. The van der Waals surface area contributed by atoms with E-state index < -0.39 is 0 Å². The molecule has 1 aromatic heterocycles. The molecule has 1 heterocycles. The zero-order valence-corrected chi connectivity index (χ0v) is 8.79. The SMILES string of the molecule is CCc1[se+]ccc2ccccc12. The molecule has 0 amide bonds. The minimum absolute atomic E-state index is 0.600. The summed E-state index contributed by atoms with van der Waals surface area (Å²) in [5.74, 6) is 0. The van der Waals surface area contributed by atoms with Crippen molar-refractivity contribution in [2.75, 3.05) is 0 Å². The average molecular weight is 222 g/mol. The molecule has 0 saturated heterocycles. The van der Waals surface area contributed by atoms with Crippen molar-refractivity contribution in [1.29, 1.82) is 0 Å². The Kier molecular flexibility index (Phi) is 2.25. The number of rotatable bonds is 1. The molecule has 0 unspecified atom stereocenters. The average Bonchev–Trinajstić information content (AvgIpc) is 2.17. The van der Waals surface area contributed by atoms with Crippen molar-refractivity contribution in [2.24, 2.45) is 0 Å². The molecule has 0 aliphatic heterocycles. The third-order valence-corrected chi connectivity index (χ3v) is 4.28. The van der Waals surface area contributed by atoms with E-state index in [0.717, 1.165) is 0 Å². The Balaban J connectivity index is 2.79. The van der Waals surface area contributed by atoms with Gasteiger partial charge in [0, 0.05) is 0 Å². The molecule has 0 bridgehead atoms. The van der Waals surface area contributed by atoms with Gasteiger partial charge in [0.25, 0.3) is 0 Å². The molecule has 60 valence electrons. The van der Waals surface area contributed by atoms with Crippen LogP contribution < -0.4 is 0 Å². The molecule has 1 aromatic carbocycles. The van der Waals surface area contributed by atoms with Gasteiger partial charge in [0.2, 0.25) is 0 Å². The summed E-state index contributed by atoms with van der Waals surface area (Å²) in [6, 6.07) is 10.9. The Morgan fingerprint density at radius 2 is 2.00 bits per heavy atom. The van der Waals surface area contributed by atoms with Crippen LogP contribution in [0.2, 0.25) is 0 Å². The molecule has 0 radical (unpaired) electrons. The molecule has 0 nitrogen and oxygen atoms in total. The second-order valence-corrected chi connectivity index (χ2v) is 4.88. The Bertz CT molecular complexity index is 388. The predicted octanol–water partition coefficient (Wildman–Crippen LogP) is 2.74. The van der Waals surface area contributed by atoms with E-state index in [1.54, 1.807) is 4.44 Å². The van der Waals surface area contributed by atoms with Crippen molar-refractivity contribution in [2.45, 2.75) is 13.3 Å². The van der Waals surface area contributed by atoms with Gasteiger partial charge < -0.3 is 0 Å². The Hall–Kier alpha value is -0.651. The van der Waals surface area contributed by atoms with Gasteiger partial charge >= 0.3 is 78.3 Å². The van der Waals surface area contributed by atoms with Crippen LogP contribution in [0.25, 0.3) is 10.8 Å². The second-order valence-electron chi connectivity index (χ2n) is 2.78. The summed E-state index contributed by atoms with van der Waals surface area (Å²) >= 11 is 0.600. The molecular weight excluding hydrogens is 211 g/mol. The van der Waals surface area contributed by atoms with Gasteiger partial charge in [-0.1, -0.05) is 0 Å². The van der Waals surface area contributed by atoms with Crippen molar-refractivity contribution in [3.8, 4) is 0 Å². The molecule has 0 atom stereocenters. The van der Waals surface area contributed by atoms with Crippen molar-refractivity contribution < 1.29 is 0 Å². The van der Waals surface area contributed by atoms with Crippen LogP contribution in [0.4, 0.5) is 0 Å². The van der Waals surface area contributed by atoms with Crippen LogP contribution in [0.1, 0.15) is 11.4 Å². The van der Waals surface area contributed by atoms with Crippen LogP contribution in [0.15, 0.2) is 35.3 Å². The summed E-state index contributed by atoms with van der Waals surface area (Å²) in [4.78, 5) is 2.31. The number of hydrogen-bond acceptors (Lipinski definition) is 0. The van der Waals surface area contributed by atoms with Gasteiger partial charge in [0.15, 0.2) is 0 Å².